The Balaban J connectivity index is 1.79. The maximum atomic E-state index is 13.1. The Morgan fingerprint density at radius 1 is 1.13 bits per heavy atom. The van der Waals surface area contributed by atoms with E-state index >= 15 is 0 Å². The van der Waals surface area contributed by atoms with Crippen molar-refractivity contribution in [2.45, 2.75) is 0 Å². The van der Waals surface area contributed by atoms with Crippen LogP contribution >= 0.6 is 22.9 Å². The highest BCUT2D eigenvalue weighted by Gasteiger charge is 2.18. The summed E-state index contributed by atoms with van der Waals surface area (Å²) in [5.74, 6) is 6.08. The van der Waals surface area contributed by atoms with E-state index in [0.717, 1.165) is 21.5 Å². The van der Waals surface area contributed by atoms with Gasteiger partial charge in [-0.25, -0.2) is 14.3 Å². The van der Waals surface area contributed by atoms with Crippen LogP contribution in [0.1, 0.15) is 11.1 Å². The van der Waals surface area contributed by atoms with Crippen LogP contribution in [0.15, 0.2) is 58.1 Å². The summed E-state index contributed by atoms with van der Waals surface area (Å²) in [4.78, 5) is 30.3. The lowest BCUT2D eigenvalue weighted by Gasteiger charge is -2.09. The predicted molar refractivity (Wildman–Crippen MR) is 123 cm³/mol. The minimum Gasteiger partial charge on any atom is -0.395 e. The third-order valence-electron chi connectivity index (χ3n) is 4.50. The summed E-state index contributed by atoms with van der Waals surface area (Å²) in [7, 11) is 1.55. The van der Waals surface area contributed by atoms with Gasteiger partial charge < -0.3 is 10.4 Å². The van der Waals surface area contributed by atoms with Gasteiger partial charge >= 0.3 is 5.69 Å². The average molecular weight is 453 g/mol. The average Bonchev–Trinajstić information content (AvgIpc) is 3.21. The van der Waals surface area contributed by atoms with Crippen molar-refractivity contribution in [3.8, 4) is 17.5 Å². The lowest BCUT2D eigenvalue weighted by atomic mass is 10.1. The summed E-state index contributed by atoms with van der Waals surface area (Å²) in [6.45, 7) is 0.216. The molecule has 2 aromatic heterocycles. The summed E-state index contributed by atoms with van der Waals surface area (Å²) >= 11 is 7.56. The summed E-state index contributed by atoms with van der Waals surface area (Å²) in [5, 5.41) is 12.6. The number of fused-ring (bicyclic) bond motifs is 1. The third kappa shape index (κ3) is 4.11. The molecule has 31 heavy (non-hydrogen) atoms. The van der Waals surface area contributed by atoms with Gasteiger partial charge in [-0.15, -0.1) is 0 Å². The second-order valence-electron chi connectivity index (χ2n) is 6.59. The van der Waals surface area contributed by atoms with Gasteiger partial charge in [0.05, 0.1) is 17.3 Å². The van der Waals surface area contributed by atoms with E-state index in [1.807, 2.05) is 30.3 Å². The number of benzene rings is 2. The highest BCUT2D eigenvalue weighted by molar-refractivity contribution is 7.22. The van der Waals surface area contributed by atoms with Crippen LogP contribution in [0.5, 0.6) is 0 Å². The zero-order valence-electron chi connectivity index (χ0n) is 16.4. The van der Waals surface area contributed by atoms with E-state index < -0.39 is 11.2 Å². The number of aryl methyl sites for hydroxylation is 1. The molecule has 2 heterocycles. The van der Waals surface area contributed by atoms with E-state index in [4.69, 9.17) is 16.7 Å². The van der Waals surface area contributed by atoms with Crippen LogP contribution in [-0.4, -0.2) is 32.4 Å². The van der Waals surface area contributed by atoms with Gasteiger partial charge in [-0.1, -0.05) is 53.0 Å². The first-order chi connectivity index (χ1) is 15.0. The summed E-state index contributed by atoms with van der Waals surface area (Å²) in [6.07, 6.45) is 0. The fraction of sp³-hybridized carbons (Fsp3) is 0.136. The lowest BCUT2D eigenvalue weighted by Crippen LogP contribution is -2.37. The number of aliphatic hydroxyl groups is 1. The van der Waals surface area contributed by atoms with Gasteiger partial charge in [-0.3, -0.25) is 9.36 Å². The van der Waals surface area contributed by atoms with Gasteiger partial charge in [0.15, 0.2) is 10.8 Å². The first kappa shape index (κ1) is 20.9. The molecule has 0 saturated carbocycles. The van der Waals surface area contributed by atoms with Crippen molar-refractivity contribution >= 4 is 38.4 Å². The second-order valence-corrected chi connectivity index (χ2v) is 7.99. The molecule has 4 rings (SSSR count). The van der Waals surface area contributed by atoms with Crippen molar-refractivity contribution in [3.63, 3.8) is 0 Å². The Morgan fingerprint density at radius 3 is 2.58 bits per heavy atom. The molecule has 9 heteroatoms. The fourth-order valence-corrected chi connectivity index (χ4v) is 4.21. The fourth-order valence-electron chi connectivity index (χ4n) is 2.99. The quantitative estimate of drug-likeness (QED) is 0.465. The van der Waals surface area contributed by atoms with E-state index in [1.54, 1.807) is 25.2 Å². The minimum absolute atomic E-state index is 0.0752. The van der Waals surface area contributed by atoms with Crippen LogP contribution in [0.2, 0.25) is 5.02 Å². The molecule has 2 N–H and O–H groups in total. The molecule has 0 saturated heterocycles. The van der Waals surface area contributed by atoms with Gasteiger partial charge in [0, 0.05) is 24.7 Å². The molecule has 0 bridgehead atoms. The molecule has 0 amide bonds. The molecule has 0 spiro atoms. The molecule has 156 valence electrons. The molecule has 7 nitrogen and oxygen atoms in total. The van der Waals surface area contributed by atoms with Gasteiger partial charge in [0.1, 0.15) is 4.70 Å². The predicted octanol–water partition coefficient (Wildman–Crippen LogP) is 2.60. The smallest absolute Gasteiger partial charge is 0.337 e. The number of halogens is 1. The van der Waals surface area contributed by atoms with Crippen molar-refractivity contribution in [1.82, 2.24) is 14.1 Å². The van der Waals surface area contributed by atoms with Gasteiger partial charge in [0.2, 0.25) is 0 Å². The third-order valence-corrected chi connectivity index (χ3v) is 5.80. The van der Waals surface area contributed by atoms with E-state index in [9.17, 15) is 9.59 Å². The molecule has 2 aromatic carbocycles. The molecular weight excluding hydrogens is 436 g/mol. The van der Waals surface area contributed by atoms with Crippen LogP contribution in [0.25, 0.3) is 16.0 Å². The van der Waals surface area contributed by atoms with Crippen molar-refractivity contribution in [1.29, 1.82) is 0 Å². The topological polar surface area (TPSA) is 89.2 Å². The van der Waals surface area contributed by atoms with Crippen molar-refractivity contribution in [3.05, 3.63) is 85.5 Å². The Labute approximate surface area is 186 Å². The minimum atomic E-state index is -0.554. The molecule has 0 unspecified atom stereocenters. The monoisotopic (exact) mass is 452 g/mol. The molecule has 0 radical (unpaired) electrons. The number of nitrogens with one attached hydrogen (secondary N) is 1. The van der Waals surface area contributed by atoms with Crippen LogP contribution in [0.3, 0.4) is 0 Å². The van der Waals surface area contributed by atoms with Crippen molar-refractivity contribution < 1.29 is 5.11 Å². The highest BCUT2D eigenvalue weighted by Crippen LogP contribution is 2.24. The van der Waals surface area contributed by atoms with Crippen LogP contribution in [-0.2, 0) is 7.05 Å². The van der Waals surface area contributed by atoms with Crippen molar-refractivity contribution in [2.75, 3.05) is 18.5 Å². The van der Waals surface area contributed by atoms with Crippen LogP contribution in [0, 0.1) is 11.8 Å². The zero-order chi connectivity index (χ0) is 22.0. The Kier molecular flexibility index (Phi) is 5.91. The SMILES string of the molecule is Cn1c(=O)n(-c2ccc(C#Cc3ccccc3)cc2Cl)c(=O)c2sc(NCCO)nc21. The number of nitrogens with zero attached hydrogens (tertiary/aromatic N) is 3. The number of hydrogen-bond acceptors (Lipinski definition) is 6. The van der Waals surface area contributed by atoms with E-state index in [2.05, 4.69) is 22.1 Å². The number of aromatic nitrogens is 3. The Bertz CT molecular complexity index is 1450. The molecule has 0 aliphatic heterocycles. The molecular formula is C22H17ClN4O3S. The number of anilines is 1. The second kappa shape index (κ2) is 8.78. The Hall–Kier alpha value is -3.38. The zero-order valence-corrected chi connectivity index (χ0v) is 18.0. The maximum absolute atomic E-state index is 13.1. The Morgan fingerprint density at radius 2 is 1.87 bits per heavy atom. The van der Waals surface area contributed by atoms with Gasteiger partial charge in [-0.2, -0.15) is 0 Å². The van der Waals surface area contributed by atoms with E-state index in [1.165, 1.54) is 4.57 Å². The first-order valence-corrected chi connectivity index (χ1v) is 10.5. The standard InChI is InChI=1S/C22H17ClN4O3S/c1-26-19-18(31-21(25-19)24-11-12-28)20(29)27(22(26)30)17-10-9-15(13-16(17)23)8-7-14-5-3-2-4-6-14/h2-6,9-10,13,28H,11-12H2,1H3,(H,24,25). The number of thiazole rings is 1. The molecule has 0 aliphatic rings. The van der Waals surface area contributed by atoms with Gasteiger partial charge in [-0.05, 0) is 30.3 Å². The summed E-state index contributed by atoms with van der Waals surface area (Å²) in [5.41, 5.74) is 1.03. The number of hydrogen-bond donors (Lipinski definition) is 2. The number of aliphatic hydroxyl groups excluding tert-OH is 1. The molecule has 0 aliphatic carbocycles. The number of rotatable bonds is 4. The van der Waals surface area contributed by atoms with Gasteiger partial charge in [0.25, 0.3) is 5.56 Å². The lowest BCUT2D eigenvalue weighted by molar-refractivity contribution is 0.311. The highest BCUT2D eigenvalue weighted by atomic mass is 35.5. The van der Waals surface area contributed by atoms with E-state index in [0.29, 0.717) is 21.9 Å². The molecule has 0 fully saturated rings. The molecule has 0 atom stereocenters. The molecule has 4 aromatic rings. The largest absolute Gasteiger partial charge is 0.395 e. The first-order valence-electron chi connectivity index (χ1n) is 9.34. The van der Waals surface area contributed by atoms with Crippen molar-refractivity contribution in [2.24, 2.45) is 7.05 Å². The maximum Gasteiger partial charge on any atom is 0.337 e. The normalized spacial score (nSPS) is 10.7. The van der Waals surface area contributed by atoms with Crippen LogP contribution in [0.4, 0.5) is 5.13 Å². The van der Waals surface area contributed by atoms with Crippen LogP contribution < -0.4 is 16.6 Å². The van der Waals surface area contributed by atoms with E-state index in [-0.39, 0.29) is 23.0 Å². The summed E-state index contributed by atoms with van der Waals surface area (Å²) in [6, 6.07) is 14.5. The summed E-state index contributed by atoms with van der Waals surface area (Å²) < 4.78 is 2.65.